The van der Waals surface area contributed by atoms with Crippen molar-refractivity contribution in [3.63, 3.8) is 0 Å². The van der Waals surface area contributed by atoms with Gasteiger partial charge < -0.3 is 23.9 Å². The Morgan fingerprint density at radius 1 is 0.964 bits per heavy atom. The molecule has 144 valence electrons. The average Bonchev–Trinajstić information content (AvgIpc) is 3.21. The number of ether oxygens (including phenoxy) is 3. The molecule has 1 heterocycles. The molecule has 0 unspecified atom stereocenters. The third kappa shape index (κ3) is 4.70. The lowest BCUT2D eigenvalue weighted by atomic mass is 10.2. The van der Waals surface area contributed by atoms with Crippen LogP contribution in [0.15, 0.2) is 65.1 Å². The molecule has 3 aromatic rings. The number of rotatable bonds is 7. The maximum absolute atomic E-state index is 12.3. The van der Waals surface area contributed by atoms with Gasteiger partial charge in [0, 0.05) is 11.8 Å². The normalized spacial score (nSPS) is 10.2. The van der Waals surface area contributed by atoms with Crippen LogP contribution >= 0.6 is 0 Å². The molecule has 7 heteroatoms. The van der Waals surface area contributed by atoms with Gasteiger partial charge in [0.1, 0.15) is 23.9 Å². The van der Waals surface area contributed by atoms with Gasteiger partial charge in [-0.3, -0.25) is 4.79 Å². The van der Waals surface area contributed by atoms with Gasteiger partial charge in [-0.1, -0.05) is 6.07 Å². The Hall–Kier alpha value is -3.74. The second-order valence-corrected chi connectivity index (χ2v) is 5.76. The van der Waals surface area contributed by atoms with E-state index in [1.54, 1.807) is 67.8 Å². The summed E-state index contributed by atoms with van der Waals surface area (Å²) in [6.45, 7) is 0.143. The molecular weight excluding hydrogens is 362 g/mol. The fourth-order valence-corrected chi connectivity index (χ4v) is 2.43. The smallest absolute Gasteiger partial charge is 0.337 e. The van der Waals surface area contributed by atoms with E-state index in [9.17, 15) is 9.59 Å². The van der Waals surface area contributed by atoms with Crippen LogP contribution in [0.1, 0.15) is 26.7 Å². The van der Waals surface area contributed by atoms with Crippen LogP contribution < -0.4 is 14.8 Å². The quantitative estimate of drug-likeness (QED) is 0.625. The van der Waals surface area contributed by atoms with Crippen molar-refractivity contribution < 1.29 is 28.2 Å². The van der Waals surface area contributed by atoms with E-state index in [0.717, 1.165) is 0 Å². The van der Waals surface area contributed by atoms with Crippen LogP contribution in [-0.4, -0.2) is 26.1 Å². The summed E-state index contributed by atoms with van der Waals surface area (Å²) < 4.78 is 20.9. The molecule has 0 aliphatic heterocycles. The van der Waals surface area contributed by atoms with Crippen molar-refractivity contribution in [1.29, 1.82) is 0 Å². The van der Waals surface area contributed by atoms with Crippen molar-refractivity contribution in [2.75, 3.05) is 19.5 Å². The number of esters is 1. The summed E-state index contributed by atoms with van der Waals surface area (Å²) in [6.07, 6.45) is 0. The number of carbonyl (C=O) groups excluding carboxylic acids is 2. The number of benzene rings is 2. The molecule has 1 aromatic heterocycles. The summed E-state index contributed by atoms with van der Waals surface area (Å²) in [6, 6.07) is 16.8. The van der Waals surface area contributed by atoms with Gasteiger partial charge in [-0.05, 0) is 48.5 Å². The van der Waals surface area contributed by atoms with Crippen molar-refractivity contribution in [2.45, 2.75) is 6.61 Å². The van der Waals surface area contributed by atoms with Crippen LogP contribution in [0, 0.1) is 0 Å². The van der Waals surface area contributed by atoms with Crippen LogP contribution in [0.3, 0.4) is 0 Å². The highest BCUT2D eigenvalue weighted by atomic mass is 16.5. The average molecular weight is 381 g/mol. The SMILES string of the molecule is COC(=O)c1ccc(OCc2ccc(C(=O)Nc3cccc(OC)c3)o2)cc1. The van der Waals surface area contributed by atoms with Gasteiger partial charge in [0.15, 0.2) is 5.76 Å². The Morgan fingerprint density at radius 2 is 1.75 bits per heavy atom. The molecule has 0 aliphatic rings. The minimum absolute atomic E-state index is 0.143. The third-order valence-corrected chi connectivity index (χ3v) is 3.87. The molecule has 1 amide bonds. The summed E-state index contributed by atoms with van der Waals surface area (Å²) >= 11 is 0. The lowest BCUT2D eigenvalue weighted by Crippen LogP contribution is -2.10. The minimum atomic E-state index is -0.413. The second kappa shape index (κ2) is 8.77. The topological polar surface area (TPSA) is 87.0 Å². The van der Waals surface area contributed by atoms with Crippen LogP contribution in [0.4, 0.5) is 5.69 Å². The Labute approximate surface area is 161 Å². The zero-order valence-electron chi connectivity index (χ0n) is 15.4. The Morgan fingerprint density at radius 3 is 2.46 bits per heavy atom. The first-order chi connectivity index (χ1) is 13.6. The summed E-state index contributed by atoms with van der Waals surface area (Å²) in [5.41, 5.74) is 1.04. The van der Waals surface area contributed by atoms with Crippen molar-refractivity contribution in [1.82, 2.24) is 0 Å². The number of anilines is 1. The maximum atomic E-state index is 12.3. The predicted molar refractivity (Wildman–Crippen MR) is 102 cm³/mol. The van der Waals surface area contributed by atoms with Gasteiger partial charge in [0.2, 0.25) is 0 Å². The molecular formula is C21H19NO6. The van der Waals surface area contributed by atoms with Gasteiger partial charge in [-0.25, -0.2) is 4.79 Å². The van der Waals surface area contributed by atoms with Gasteiger partial charge >= 0.3 is 5.97 Å². The fourth-order valence-electron chi connectivity index (χ4n) is 2.43. The zero-order chi connectivity index (χ0) is 19.9. The molecule has 0 saturated carbocycles. The van der Waals surface area contributed by atoms with Crippen LogP contribution in [0.2, 0.25) is 0 Å². The zero-order valence-corrected chi connectivity index (χ0v) is 15.4. The van der Waals surface area contributed by atoms with E-state index in [-0.39, 0.29) is 18.3 Å². The number of amides is 1. The predicted octanol–water partition coefficient (Wildman–Crippen LogP) is 3.91. The molecule has 0 atom stereocenters. The number of methoxy groups -OCH3 is 2. The van der Waals surface area contributed by atoms with E-state index >= 15 is 0 Å². The lowest BCUT2D eigenvalue weighted by Gasteiger charge is -2.06. The number of nitrogens with one attached hydrogen (secondary N) is 1. The standard InChI is InChI=1S/C21H19NO6/c1-25-17-5-3-4-15(12-17)22-20(23)19-11-10-18(28-19)13-27-16-8-6-14(7-9-16)21(24)26-2/h3-12H,13H2,1-2H3,(H,22,23). The van der Waals surface area contributed by atoms with E-state index in [2.05, 4.69) is 10.1 Å². The molecule has 28 heavy (non-hydrogen) atoms. The van der Waals surface area contributed by atoms with Crippen LogP contribution in [0.5, 0.6) is 11.5 Å². The number of carbonyl (C=O) groups is 2. The van der Waals surface area contributed by atoms with Crippen LogP contribution in [-0.2, 0) is 11.3 Å². The van der Waals surface area contributed by atoms with E-state index in [4.69, 9.17) is 13.9 Å². The molecule has 0 fully saturated rings. The summed E-state index contributed by atoms with van der Waals surface area (Å²) in [7, 11) is 2.88. The Balaban J connectivity index is 1.57. The van der Waals surface area contributed by atoms with Gasteiger partial charge in [-0.2, -0.15) is 0 Å². The lowest BCUT2D eigenvalue weighted by molar-refractivity contribution is 0.0600. The Bertz CT molecular complexity index is 961. The Kier molecular flexibility index (Phi) is 5.96. The molecule has 3 rings (SSSR count). The van der Waals surface area contributed by atoms with E-state index < -0.39 is 5.97 Å². The van der Waals surface area contributed by atoms with E-state index in [1.807, 2.05) is 0 Å². The van der Waals surface area contributed by atoms with Crippen molar-refractivity contribution in [3.05, 3.63) is 77.7 Å². The largest absolute Gasteiger partial charge is 0.497 e. The van der Waals surface area contributed by atoms with Crippen molar-refractivity contribution in [2.24, 2.45) is 0 Å². The highest BCUT2D eigenvalue weighted by molar-refractivity contribution is 6.02. The van der Waals surface area contributed by atoms with Crippen molar-refractivity contribution in [3.8, 4) is 11.5 Å². The molecule has 0 spiro atoms. The summed E-state index contributed by atoms with van der Waals surface area (Å²) in [5, 5.41) is 2.75. The molecule has 0 radical (unpaired) electrons. The molecule has 7 nitrogen and oxygen atoms in total. The van der Waals surface area contributed by atoms with E-state index in [1.165, 1.54) is 7.11 Å². The fraction of sp³-hybridized carbons (Fsp3) is 0.143. The molecule has 0 bridgehead atoms. The number of furan rings is 1. The number of hydrogen-bond acceptors (Lipinski definition) is 6. The van der Waals surface area contributed by atoms with E-state index in [0.29, 0.717) is 28.5 Å². The van der Waals surface area contributed by atoms with Gasteiger partial charge in [-0.15, -0.1) is 0 Å². The summed E-state index contributed by atoms with van der Waals surface area (Å²) in [5.74, 6) is 1.08. The van der Waals surface area contributed by atoms with Gasteiger partial charge in [0.25, 0.3) is 5.91 Å². The maximum Gasteiger partial charge on any atom is 0.337 e. The molecule has 2 aromatic carbocycles. The highest BCUT2D eigenvalue weighted by Crippen LogP contribution is 2.19. The van der Waals surface area contributed by atoms with Gasteiger partial charge in [0.05, 0.1) is 19.8 Å². The second-order valence-electron chi connectivity index (χ2n) is 5.76. The molecule has 0 saturated heterocycles. The molecule has 0 aliphatic carbocycles. The van der Waals surface area contributed by atoms with Crippen molar-refractivity contribution >= 4 is 17.6 Å². The minimum Gasteiger partial charge on any atom is -0.497 e. The first-order valence-electron chi connectivity index (χ1n) is 8.44. The first-order valence-corrected chi connectivity index (χ1v) is 8.44. The number of hydrogen-bond donors (Lipinski definition) is 1. The first kappa shape index (κ1) is 19.0. The highest BCUT2D eigenvalue weighted by Gasteiger charge is 2.12. The van der Waals surface area contributed by atoms with Crippen LogP contribution in [0.25, 0.3) is 0 Å². The third-order valence-electron chi connectivity index (χ3n) is 3.87. The molecule has 1 N–H and O–H groups in total. The monoisotopic (exact) mass is 381 g/mol. The summed E-state index contributed by atoms with van der Waals surface area (Å²) in [4.78, 5) is 23.7.